The molecule has 0 fully saturated rings. The van der Waals surface area contributed by atoms with Crippen molar-refractivity contribution in [1.82, 2.24) is 15.0 Å². The molecule has 2 heterocycles. The molecular weight excluding hydrogens is 304 g/mol. The summed E-state index contributed by atoms with van der Waals surface area (Å²) in [5.41, 5.74) is 2.25. The van der Waals surface area contributed by atoms with Crippen molar-refractivity contribution in [3.8, 4) is 22.9 Å². The van der Waals surface area contributed by atoms with Crippen molar-refractivity contribution in [3.63, 3.8) is 0 Å². The number of benzene rings is 1. The fraction of sp³-hybridized carbons (Fsp3) is 0.167. The molecule has 0 amide bonds. The van der Waals surface area contributed by atoms with E-state index >= 15 is 0 Å². The van der Waals surface area contributed by atoms with Gasteiger partial charge < -0.3 is 15.2 Å². The highest BCUT2D eigenvalue weighted by molar-refractivity contribution is 5.64. The number of aryl methyl sites for hydroxylation is 1. The van der Waals surface area contributed by atoms with Crippen molar-refractivity contribution in [2.75, 3.05) is 12.4 Å². The molecule has 0 radical (unpaired) electrons. The third-order valence-electron chi connectivity index (χ3n) is 3.47. The van der Waals surface area contributed by atoms with Gasteiger partial charge in [-0.25, -0.2) is 9.97 Å². The molecule has 0 aliphatic rings. The van der Waals surface area contributed by atoms with E-state index in [1.165, 1.54) is 0 Å². The number of phenols is 1. The molecule has 0 aliphatic heterocycles. The van der Waals surface area contributed by atoms with Gasteiger partial charge in [0.1, 0.15) is 17.3 Å². The third-order valence-corrected chi connectivity index (χ3v) is 3.47. The number of phenolic OH excluding ortho intramolecular Hbond substituents is 1. The molecule has 0 atom stereocenters. The molecule has 3 aromatic rings. The number of aromatic hydroxyl groups is 1. The molecule has 0 saturated heterocycles. The Morgan fingerprint density at radius 3 is 2.75 bits per heavy atom. The van der Waals surface area contributed by atoms with Crippen molar-refractivity contribution in [2.24, 2.45) is 0 Å². The second kappa shape index (κ2) is 6.95. The minimum Gasteiger partial charge on any atom is -0.507 e. The normalized spacial score (nSPS) is 10.4. The Hall–Kier alpha value is -3.15. The van der Waals surface area contributed by atoms with Crippen LogP contribution in [0.25, 0.3) is 11.4 Å². The number of aromatic nitrogens is 3. The number of ether oxygens (including phenoxy) is 1. The van der Waals surface area contributed by atoms with Crippen molar-refractivity contribution in [1.29, 1.82) is 0 Å². The average Bonchev–Trinajstić information content (AvgIpc) is 2.60. The molecule has 6 heteroatoms. The second-order valence-electron chi connectivity index (χ2n) is 5.28. The highest BCUT2D eigenvalue weighted by atomic mass is 16.5. The monoisotopic (exact) mass is 322 g/mol. The van der Waals surface area contributed by atoms with Crippen molar-refractivity contribution >= 4 is 5.82 Å². The first-order valence-corrected chi connectivity index (χ1v) is 7.52. The van der Waals surface area contributed by atoms with Gasteiger partial charge in [0.2, 0.25) is 0 Å². The number of anilines is 1. The van der Waals surface area contributed by atoms with Gasteiger partial charge in [-0.3, -0.25) is 4.98 Å². The zero-order valence-corrected chi connectivity index (χ0v) is 13.5. The van der Waals surface area contributed by atoms with Crippen LogP contribution in [0.1, 0.15) is 11.4 Å². The summed E-state index contributed by atoms with van der Waals surface area (Å²) in [6.07, 6.45) is 1.70. The van der Waals surface area contributed by atoms with Crippen LogP contribution in [0.2, 0.25) is 0 Å². The van der Waals surface area contributed by atoms with Gasteiger partial charge in [0.25, 0.3) is 0 Å². The van der Waals surface area contributed by atoms with E-state index < -0.39 is 0 Å². The zero-order chi connectivity index (χ0) is 16.9. The Balaban J connectivity index is 1.83. The topological polar surface area (TPSA) is 80.2 Å². The van der Waals surface area contributed by atoms with E-state index in [1.807, 2.05) is 25.1 Å². The standard InChI is InChI=1S/C18H18N4O2/c1-12-9-17(20-11-13-10-14(24-2)7-8-19-13)22-18(21-12)15-5-3-4-6-16(15)23/h3-10,23H,11H2,1-2H3,(H,20,21,22). The van der Waals surface area contributed by atoms with E-state index in [1.54, 1.807) is 37.6 Å². The van der Waals surface area contributed by atoms with Crippen LogP contribution in [0.5, 0.6) is 11.5 Å². The predicted octanol–water partition coefficient (Wildman–Crippen LogP) is 3.17. The number of nitrogens with one attached hydrogen (secondary N) is 1. The molecule has 6 nitrogen and oxygen atoms in total. The summed E-state index contributed by atoms with van der Waals surface area (Å²) in [6.45, 7) is 2.40. The molecule has 3 rings (SSSR count). The van der Waals surface area contributed by atoms with Crippen LogP contribution in [0.15, 0.2) is 48.7 Å². The molecule has 1 aromatic carbocycles. The molecule has 122 valence electrons. The minimum atomic E-state index is 0.156. The molecule has 0 saturated carbocycles. The second-order valence-corrected chi connectivity index (χ2v) is 5.28. The third kappa shape index (κ3) is 3.60. The highest BCUT2D eigenvalue weighted by Crippen LogP contribution is 2.26. The van der Waals surface area contributed by atoms with Gasteiger partial charge in [-0.1, -0.05) is 12.1 Å². The molecule has 0 unspecified atom stereocenters. The maximum atomic E-state index is 9.99. The minimum absolute atomic E-state index is 0.156. The van der Waals surface area contributed by atoms with Gasteiger partial charge in [0, 0.05) is 24.0 Å². The van der Waals surface area contributed by atoms with Gasteiger partial charge in [-0.15, -0.1) is 0 Å². The van der Waals surface area contributed by atoms with E-state index in [-0.39, 0.29) is 5.75 Å². The molecule has 0 aliphatic carbocycles. The predicted molar refractivity (Wildman–Crippen MR) is 92.0 cm³/mol. The van der Waals surface area contributed by atoms with E-state index in [0.717, 1.165) is 17.1 Å². The Bertz CT molecular complexity index is 852. The summed E-state index contributed by atoms with van der Waals surface area (Å²) in [6, 6.07) is 12.5. The summed E-state index contributed by atoms with van der Waals surface area (Å²) in [7, 11) is 1.62. The molecular formula is C18H18N4O2. The molecule has 0 bridgehead atoms. The molecule has 24 heavy (non-hydrogen) atoms. The Morgan fingerprint density at radius 2 is 1.96 bits per heavy atom. The van der Waals surface area contributed by atoms with E-state index in [4.69, 9.17) is 4.74 Å². The number of nitrogens with zero attached hydrogens (tertiary/aromatic N) is 3. The van der Waals surface area contributed by atoms with Crippen LogP contribution in [-0.2, 0) is 6.54 Å². The summed E-state index contributed by atoms with van der Waals surface area (Å²) in [5, 5.41) is 13.2. The largest absolute Gasteiger partial charge is 0.507 e. The number of hydrogen-bond donors (Lipinski definition) is 2. The lowest BCUT2D eigenvalue weighted by atomic mass is 10.2. The number of pyridine rings is 1. The van der Waals surface area contributed by atoms with Crippen molar-refractivity contribution in [3.05, 3.63) is 60.0 Å². The van der Waals surface area contributed by atoms with Crippen molar-refractivity contribution in [2.45, 2.75) is 13.5 Å². The smallest absolute Gasteiger partial charge is 0.165 e. The Labute approximate surface area is 140 Å². The highest BCUT2D eigenvalue weighted by Gasteiger charge is 2.09. The first kappa shape index (κ1) is 15.7. The van der Waals surface area contributed by atoms with Crippen LogP contribution < -0.4 is 10.1 Å². The summed E-state index contributed by atoms with van der Waals surface area (Å²) >= 11 is 0. The lowest BCUT2D eigenvalue weighted by Crippen LogP contribution is -2.05. The van der Waals surface area contributed by atoms with Gasteiger partial charge in [0.15, 0.2) is 5.82 Å². The molecule has 2 aromatic heterocycles. The van der Waals surface area contributed by atoms with Gasteiger partial charge in [-0.05, 0) is 25.1 Å². The van der Waals surface area contributed by atoms with Crippen LogP contribution in [0, 0.1) is 6.92 Å². The number of rotatable bonds is 5. The average molecular weight is 322 g/mol. The first-order valence-electron chi connectivity index (χ1n) is 7.52. The number of methoxy groups -OCH3 is 1. The van der Waals surface area contributed by atoms with Gasteiger partial charge in [0.05, 0.1) is 24.9 Å². The summed E-state index contributed by atoms with van der Waals surface area (Å²) in [4.78, 5) is 13.2. The van der Waals surface area contributed by atoms with Crippen LogP contribution in [-0.4, -0.2) is 27.2 Å². The van der Waals surface area contributed by atoms with Crippen LogP contribution >= 0.6 is 0 Å². The van der Waals surface area contributed by atoms with Crippen LogP contribution in [0.3, 0.4) is 0 Å². The van der Waals surface area contributed by atoms with Gasteiger partial charge in [-0.2, -0.15) is 0 Å². The lowest BCUT2D eigenvalue weighted by molar-refractivity contribution is 0.413. The quantitative estimate of drug-likeness (QED) is 0.751. The SMILES string of the molecule is COc1ccnc(CNc2cc(C)nc(-c3ccccc3O)n2)c1. The lowest BCUT2D eigenvalue weighted by Gasteiger charge is -2.10. The fourth-order valence-electron chi connectivity index (χ4n) is 2.30. The Morgan fingerprint density at radius 1 is 1.12 bits per heavy atom. The maximum absolute atomic E-state index is 9.99. The van der Waals surface area contributed by atoms with E-state index in [2.05, 4.69) is 20.3 Å². The fourth-order valence-corrected chi connectivity index (χ4v) is 2.30. The molecule has 0 spiro atoms. The zero-order valence-electron chi connectivity index (χ0n) is 13.5. The number of hydrogen-bond acceptors (Lipinski definition) is 6. The molecule has 2 N–H and O–H groups in total. The summed E-state index contributed by atoms with van der Waals surface area (Å²) < 4.78 is 5.19. The van der Waals surface area contributed by atoms with Gasteiger partial charge >= 0.3 is 0 Å². The number of para-hydroxylation sites is 1. The van der Waals surface area contributed by atoms with Crippen molar-refractivity contribution < 1.29 is 9.84 Å². The van der Waals surface area contributed by atoms with E-state index in [0.29, 0.717) is 23.8 Å². The van der Waals surface area contributed by atoms with Crippen LogP contribution in [0.4, 0.5) is 5.82 Å². The Kier molecular flexibility index (Phi) is 4.56. The maximum Gasteiger partial charge on any atom is 0.165 e. The summed E-state index contributed by atoms with van der Waals surface area (Å²) in [5.74, 6) is 2.07. The van der Waals surface area contributed by atoms with E-state index in [9.17, 15) is 5.11 Å². The first-order chi connectivity index (χ1) is 11.7.